The molecule has 1 atom stereocenters. The van der Waals surface area contributed by atoms with Crippen molar-refractivity contribution < 1.29 is 0 Å². The molecule has 0 aromatic carbocycles. The van der Waals surface area contributed by atoms with Crippen LogP contribution in [0, 0.1) is 5.92 Å². The summed E-state index contributed by atoms with van der Waals surface area (Å²) in [6, 6.07) is 0. The number of nitrogens with one attached hydrogen (secondary N) is 2. The molecule has 2 rings (SSSR count). The lowest BCUT2D eigenvalue weighted by molar-refractivity contribution is 0.203. The highest BCUT2D eigenvalue weighted by atomic mass is 15.3. The van der Waals surface area contributed by atoms with Gasteiger partial charge in [-0.15, -0.1) is 10.2 Å². The van der Waals surface area contributed by atoms with Crippen molar-refractivity contribution in [3.8, 4) is 0 Å². The van der Waals surface area contributed by atoms with Crippen molar-refractivity contribution in [3.63, 3.8) is 0 Å². The Morgan fingerprint density at radius 3 is 2.76 bits per heavy atom. The van der Waals surface area contributed by atoms with E-state index in [0.29, 0.717) is 5.92 Å². The third-order valence-electron chi connectivity index (χ3n) is 4.58. The molecule has 2 N–H and O–H groups in total. The number of rotatable bonds is 9. The summed E-state index contributed by atoms with van der Waals surface area (Å²) < 4.78 is 2.09. The zero-order chi connectivity index (χ0) is 17.9. The van der Waals surface area contributed by atoms with Gasteiger partial charge in [0, 0.05) is 39.1 Å². The van der Waals surface area contributed by atoms with Crippen LogP contribution in [0.15, 0.2) is 11.3 Å². The molecule has 142 valence electrons. The predicted octanol–water partition coefficient (Wildman–Crippen LogP) is 1.52. The first kappa shape index (κ1) is 19.7. The van der Waals surface area contributed by atoms with Gasteiger partial charge in [-0.1, -0.05) is 20.3 Å². The molecular weight excluding hydrogens is 314 g/mol. The lowest BCUT2D eigenvalue weighted by Gasteiger charge is -2.28. The molecule has 0 bridgehead atoms. The molecular formula is C18H35N7. The molecule has 7 heteroatoms. The summed E-state index contributed by atoms with van der Waals surface area (Å²) in [7, 11) is 0. The summed E-state index contributed by atoms with van der Waals surface area (Å²) in [5.41, 5.74) is 0. The molecule has 1 fully saturated rings. The van der Waals surface area contributed by atoms with E-state index in [4.69, 9.17) is 4.99 Å². The Hall–Kier alpha value is -1.63. The lowest BCUT2D eigenvalue weighted by atomic mass is 10.1. The molecule has 1 saturated heterocycles. The highest BCUT2D eigenvalue weighted by molar-refractivity contribution is 5.79. The minimum absolute atomic E-state index is 0.582. The first-order chi connectivity index (χ1) is 12.2. The van der Waals surface area contributed by atoms with Crippen molar-refractivity contribution >= 4 is 5.96 Å². The van der Waals surface area contributed by atoms with Gasteiger partial charge in [0.2, 0.25) is 0 Å². The largest absolute Gasteiger partial charge is 0.357 e. The number of nitrogens with zero attached hydrogens (tertiary/aromatic N) is 5. The summed E-state index contributed by atoms with van der Waals surface area (Å²) >= 11 is 0. The van der Waals surface area contributed by atoms with Crippen LogP contribution < -0.4 is 10.6 Å². The van der Waals surface area contributed by atoms with Crippen LogP contribution in [-0.2, 0) is 13.0 Å². The minimum atomic E-state index is 0.582. The van der Waals surface area contributed by atoms with Gasteiger partial charge in [0.1, 0.15) is 12.2 Å². The predicted molar refractivity (Wildman–Crippen MR) is 103 cm³/mol. The van der Waals surface area contributed by atoms with Gasteiger partial charge in [-0.2, -0.15) is 0 Å². The first-order valence-electron chi connectivity index (χ1n) is 9.84. The molecule has 1 aromatic rings. The normalized spacial score (nSPS) is 17.5. The average molecular weight is 350 g/mol. The molecule has 0 spiro atoms. The fraction of sp³-hybridized carbons (Fsp3) is 0.833. The van der Waals surface area contributed by atoms with Gasteiger partial charge < -0.3 is 20.1 Å². The molecule has 0 radical (unpaired) electrons. The van der Waals surface area contributed by atoms with Crippen molar-refractivity contribution in [2.45, 2.75) is 53.0 Å². The van der Waals surface area contributed by atoms with E-state index < -0.39 is 0 Å². The van der Waals surface area contributed by atoms with Crippen LogP contribution in [0.25, 0.3) is 0 Å². The highest BCUT2D eigenvalue weighted by Crippen LogP contribution is 2.11. The van der Waals surface area contributed by atoms with Crippen LogP contribution in [0.2, 0.25) is 0 Å². The van der Waals surface area contributed by atoms with E-state index in [0.717, 1.165) is 50.9 Å². The zero-order valence-corrected chi connectivity index (χ0v) is 16.2. The Bertz CT molecular complexity index is 505. The van der Waals surface area contributed by atoms with Crippen LogP contribution in [0.5, 0.6) is 0 Å². The van der Waals surface area contributed by atoms with E-state index in [1.807, 2.05) is 0 Å². The topological polar surface area (TPSA) is 70.4 Å². The third-order valence-corrected chi connectivity index (χ3v) is 4.58. The number of guanidine groups is 1. The number of hydrogen-bond donors (Lipinski definition) is 2. The SMILES string of the molecule is CCNC(=NCC(C)CN1CCCCC1)NCCn1cnnc1CC. The lowest BCUT2D eigenvalue weighted by Crippen LogP contribution is -2.40. The van der Waals surface area contributed by atoms with Gasteiger partial charge in [0.15, 0.2) is 5.96 Å². The molecule has 0 aliphatic carbocycles. The van der Waals surface area contributed by atoms with Crippen molar-refractivity contribution in [2.24, 2.45) is 10.9 Å². The summed E-state index contributed by atoms with van der Waals surface area (Å²) in [6.07, 6.45) is 6.79. The van der Waals surface area contributed by atoms with Crippen molar-refractivity contribution in [1.29, 1.82) is 0 Å². The average Bonchev–Trinajstić information content (AvgIpc) is 3.08. The summed E-state index contributed by atoms with van der Waals surface area (Å²) in [5.74, 6) is 2.51. The fourth-order valence-corrected chi connectivity index (χ4v) is 3.26. The molecule has 7 nitrogen and oxygen atoms in total. The number of piperidine rings is 1. The van der Waals surface area contributed by atoms with Crippen LogP contribution >= 0.6 is 0 Å². The molecule has 1 aromatic heterocycles. The smallest absolute Gasteiger partial charge is 0.191 e. The maximum absolute atomic E-state index is 4.77. The summed E-state index contributed by atoms with van der Waals surface area (Å²) in [6.45, 7) is 13.6. The van der Waals surface area contributed by atoms with Crippen molar-refractivity contribution in [3.05, 3.63) is 12.2 Å². The van der Waals surface area contributed by atoms with Crippen LogP contribution in [0.1, 0.15) is 45.9 Å². The molecule has 25 heavy (non-hydrogen) atoms. The van der Waals surface area contributed by atoms with Crippen molar-refractivity contribution in [1.82, 2.24) is 30.3 Å². The molecule has 1 unspecified atom stereocenters. The Kier molecular flexibility index (Phi) is 8.72. The van der Waals surface area contributed by atoms with Crippen LogP contribution in [0.4, 0.5) is 0 Å². The molecule has 0 saturated carbocycles. The molecule has 1 aliphatic rings. The zero-order valence-electron chi connectivity index (χ0n) is 16.2. The molecule has 1 aliphatic heterocycles. The van der Waals surface area contributed by atoms with E-state index in [9.17, 15) is 0 Å². The van der Waals surface area contributed by atoms with Gasteiger partial charge in [0.05, 0.1) is 0 Å². The Balaban J connectivity index is 1.74. The number of hydrogen-bond acceptors (Lipinski definition) is 4. The van der Waals surface area contributed by atoms with E-state index >= 15 is 0 Å². The van der Waals surface area contributed by atoms with E-state index in [2.05, 4.69) is 51.1 Å². The van der Waals surface area contributed by atoms with Crippen molar-refractivity contribution in [2.75, 3.05) is 39.3 Å². The number of aryl methyl sites for hydroxylation is 1. The maximum Gasteiger partial charge on any atom is 0.191 e. The van der Waals surface area contributed by atoms with Gasteiger partial charge in [0.25, 0.3) is 0 Å². The molecule has 2 heterocycles. The van der Waals surface area contributed by atoms with E-state index in [1.165, 1.54) is 32.4 Å². The van der Waals surface area contributed by atoms with Crippen LogP contribution in [-0.4, -0.2) is 64.9 Å². The maximum atomic E-state index is 4.77. The van der Waals surface area contributed by atoms with Gasteiger partial charge in [-0.3, -0.25) is 4.99 Å². The highest BCUT2D eigenvalue weighted by Gasteiger charge is 2.13. The number of likely N-dealkylation sites (tertiary alicyclic amines) is 1. The summed E-state index contributed by atoms with van der Waals surface area (Å²) in [5, 5.41) is 14.8. The minimum Gasteiger partial charge on any atom is -0.357 e. The Morgan fingerprint density at radius 1 is 1.24 bits per heavy atom. The van der Waals surface area contributed by atoms with Gasteiger partial charge in [-0.25, -0.2) is 0 Å². The second kappa shape index (κ2) is 11.1. The monoisotopic (exact) mass is 349 g/mol. The Labute approximate surface area is 152 Å². The number of aliphatic imine (C=N–C) groups is 1. The second-order valence-electron chi connectivity index (χ2n) is 6.91. The van der Waals surface area contributed by atoms with Gasteiger partial charge in [-0.05, 0) is 38.8 Å². The molecule has 0 amide bonds. The fourth-order valence-electron chi connectivity index (χ4n) is 3.26. The summed E-state index contributed by atoms with van der Waals surface area (Å²) in [4.78, 5) is 7.35. The van der Waals surface area contributed by atoms with Crippen LogP contribution in [0.3, 0.4) is 0 Å². The van der Waals surface area contributed by atoms with Gasteiger partial charge >= 0.3 is 0 Å². The third kappa shape index (κ3) is 7.02. The second-order valence-corrected chi connectivity index (χ2v) is 6.91. The van der Waals surface area contributed by atoms with E-state index in [-0.39, 0.29) is 0 Å². The standard InChI is InChI=1S/C18H35N7/c1-4-17-23-22-15-25(17)12-9-20-18(19-5-2)21-13-16(3)14-24-10-7-6-8-11-24/h15-16H,4-14H2,1-3H3,(H2,19,20,21). The Morgan fingerprint density at radius 2 is 2.04 bits per heavy atom. The number of aromatic nitrogens is 3. The first-order valence-corrected chi connectivity index (χ1v) is 9.84. The quantitative estimate of drug-likeness (QED) is 0.522. The van der Waals surface area contributed by atoms with E-state index in [1.54, 1.807) is 6.33 Å².